The molecule has 40 heavy (non-hydrogen) atoms. The number of carboxylic acids is 1. The summed E-state index contributed by atoms with van der Waals surface area (Å²) in [5, 5.41) is 28.7. The Bertz CT molecular complexity index is 1330. The van der Waals surface area contributed by atoms with Gasteiger partial charge in [-0.25, -0.2) is 4.39 Å². The molecule has 0 unspecified atom stereocenters. The molecule has 2 aromatic carbocycles. The molecule has 0 saturated carbocycles. The first kappa shape index (κ1) is 29.5. The van der Waals surface area contributed by atoms with E-state index < -0.39 is 60.5 Å². The number of esters is 1. The van der Waals surface area contributed by atoms with Crippen LogP contribution >= 0.6 is 0 Å². The number of benzene rings is 2. The summed E-state index contributed by atoms with van der Waals surface area (Å²) in [7, 11) is 1.09. The van der Waals surface area contributed by atoms with Crippen LogP contribution in [0.4, 0.5) is 4.39 Å². The number of carbonyl (C=O) groups is 5. The number of amidine groups is 1. The van der Waals surface area contributed by atoms with E-state index in [1.807, 2.05) is 0 Å². The summed E-state index contributed by atoms with van der Waals surface area (Å²) in [6, 6.07) is 6.04. The van der Waals surface area contributed by atoms with Crippen molar-refractivity contribution in [1.82, 2.24) is 15.1 Å². The van der Waals surface area contributed by atoms with Crippen LogP contribution < -0.4 is 11.1 Å². The summed E-state index contributed by atoms with van der Waals surface area (Å²) in [6.45, 7) is -0.972. The molecule has 6 N–H and O–H groups in total. The van der Waals surface area contributed by atoms with Crippen LogP contribution in [0, 0.1) is 11.2 Å². The zero-order valence-electron chi connectivity index (χ0n) is 21.4. The molecular weight excluding hydrogens is 529 g/mol. The fourth-order valence-electron chi connectivity index (χ4n) is 4.23. The quantitative estimate of drug-likeness (QED) is 0.149. The number of carbonyl (C=O) groups excluding carboxylic acids is 4. The van der Waals surface area contributed by atoms with E-state index in [0.29, 0.717) is 5.56 Å². The molecule has 0 aliphatic carbocycles. The Balaban J connectivity index is 1.95. The van der Waals surface area contributed by atoms with Gasteiger partial charge in [-0.2, -0.15) is 0 Å². The molecule has 0 bridgehead atoms. The SMILES string of the molecule is COC(=O)C[C@H]1C(=O)N(CC(=O)O)CCN1C(=O)[C@H](Cc1ccc(O)cc1F)NC(=O)c1ccc(C(=N)N)cc1. The molecule has 14 heteroatoms. The number of aromatic hydroxyl groups is 1. The fourth-order valence-corrected chi connectivity index (χ4v) is 4.23. The Morgan fingerprint density at radius 3 is 2.38 bits per heavy atom. The Morgan fingerprint density at radius 2 is 1.80 bits per heavy atom. The van der Waals surface area contributed by atoms with Crippen LogP contribution in [0.5, 0.6) is 5.75 Å². The molecule has 1 saturated heterocycles. The van der Waals surface area contributed by atoms with Crippen molar-refractivity contribution in [2.75, 3.05) is 26.7 Å². The van der Waals surface area contributed by atoms with Crippen molar-refractivity contribution in [1.29, 1.82) is 5.41 Å². The van der Waals surface area contributed by atoms with Crippen molar-refractivity contribution in [2.24, 2.45) is 5.73 Å². The minimum absolute atomic E-state index is 0.0243. The van der Waals surface area contributed by atoms with Crippen molar-refractivity contribution in [3.8, 4) is 5.75 Å². The smallest absolute Gasteiger partial charge is 0.323 e. The van der Waals surface area contributed by atoms with Gasteiger partial charge in [0.25, 0.3) is 5.91 Å². The highest BCUT2D eigenvalue weighted by atomic mass is 19.1. The maximum atomic E-state index is 14.6. The summed E-state index contributed by atoms with van der Waals surface area (Å²) in [5.41, 5.74) is 5.88. The molecule has 0 radical (unpaired) electrons. The Kier molecular flexibility index (Phi) is 9.37. The predicted octanol–water partition coefficient (Wildman–Crippen LogP) is -0.156. The lowest BCUT2D eigenvalue weighted by Gasteiger charge is -2.41. The number of amides is 3. The molecule has 1 aliphatic heterocycles. The van der Waals surface area contributed by atoms with Crippen molar-refractivity contribution >= 4 is 35.5 Å². The van der Waals surface area contributed by atoms with Crippen molar-refractivity contribution in [3.63, 3.8) is 0 Å². The Labute approximate surface area is 227 Å². The molecular formula is C26H28FN5O8. The molecule has 0 aromatic heterocycles. The van der Waals surface area contributed by atoms with Crippen molar-refractivity contribution in [3.05, 3.63) is 65.0 Å². The number of nitrogen functional groups attached to an aromatic ring is 1. The monoisotopic (exact) mass is 557 g/mol. The first-order valence-electron chi connectivity index (χ1n) is 12.0. The fraction of sp³-hybridized carbons (Fsp3) is 0.308. The van der Waals surface area contributed by atoms with Crippen molar-refractivity contribution in [2.45, 2.75) is 24.9 Å². The number of carboxylic acid groups (broad SMARTS) is 1. The number of piperazine rings is 1. The zero-order valence-corrected chi connectivity index (χ0v) is 21.4. The van der Waals surface area contributed by atoms with Crippen LogP contribution in [0.15, 0.2) is 42.5 Å². The van der Waals surface area contributed by atoms with Crippen LogP contribution in [-0.4, -0.2) is 94.3 Å². The van der Waals surface area contributed by atoms with Crippen LogP contribution in [0.1, 0.15) is 27.9 Å². The summed E-state index contributed by atoms with van der Waals surface area (Å²) in [6.07, 6.45) is -0.950. The number of nitrogens with zero attached hydrogens (tertiary/aromatic N) is 2. The molecule has 2 atom stereocenters. The number of hydrogen-bond acceptors (Lipinski definition) is 8. The summed E-state index contributed by atoms with van der Waals surface area (Å²) in [5.74, 6) is -5.87. The third-order valence-corrected chi connectivity index (χ3v) is 6.30. The number of aliphatic carboxylic acids is 1. The molecule has 1 aliphatic rings. The first-order chi connectivity index (χ1) is 18.9. The average molecular weight is 558 g/mol. The second-order valence-electron chi connectivity index (χ2n) is 8.98. The van der Waals surface area contributed by atoms with Gasteiger partial charge in [-0.15, -0.1) is 0 Å². The van der Waals surface area contributed by atoms with Gasteiger partial charge in [0.2, 0.25) is 11.8 Å². The third-order valence-electron chi connectivity index (χ3n) is 6.30. The number of nitrogens with two attached hydrogens (primary N) is 1. The van der Waals surface area contributed by atoms with Gasteiger partial charge in [0.1, 0.15) is 36.0 Å². The Hall–Kier alpha value is -5.01. The summed E-state index contributed by atoms with van der Waals surface area (Å²) >= 11 is 0. The van der Waals surface area contributed by atoms with Crippen LogP contribution in [0.25, 0.3) is 0 Å². The van der Waals surface area contributed by atoms with Gasteiger partial charge >= 0.3 is 11.9 Å². The lowest BCUT2D eigenvalue weighted by molar-refractivity contribution is -0.159. The summed E-state index contributed by atoms with van der Waals surface area (Å²) in [4.78, 5) is 65.3. The van der Waals surface area contributed by atoms with E-state index in [9.17, 15) is 33.5 Å². The molecule has 3 rings (SSSR count). The molecule has 2 aromatic rings. The van der Waals surface area contributed by atoms with E-state index >= 15 is 0 Å². The van der Waals surface area contributed by atoms with Crippen molar-refractivity contribution < 1.29 is 43.3 Å². The maximum Gasteiger partial charge on any atom is 0.323 e. The standard InChI is InChI=1S/C26H28FN5O8/c1-40-22(36)12-20-26(39)31(13-21(34)35)8-9-32(20)25(38)19(10-16-6-7-17(33)11-18(16)27)30-24(37)15-4-2-14(3-5-15)23(28)29/h2-7,11,19-20,33H,8-10,12-13H2,1H3,(H3,28,29)(H,30,37)(H,34,35)/t19-,20-/m0/s1. The normalized spacial score (nSPS) is 15.8. The van der Waals surface area contributed by atoms with Gasteiger partial charge in [0.05, 0.1) is 13.5 Å². The van der Waals surface area contributed by atoms with Crippen LogP contribution in [0.3, 0.4) is 0 Å². The van der Waals surface area contributed by atoms with E-state index in [2.05, 4.69) is 10.1 Å². The van der Waals surface area contributed by atoms with E-state index in [-0.39, 0.29) is 42.2 Å². The average Bonchev–Trinajstić information content (AvgIpc) is 2.91. The topological polar surface area (TPSA) is 203 Å². The number of methoxy groups -OCH3 is 1. The van der Waals surface area contributed by atoms with E-state index in [4.69, 9.17) is 16.2 Å². The molecule has 1 fully saturated rings. The number of hydrogen-bond donors (Lipinski definition) is 5. The highest BCUT2D eigenvalue weighted by molar-refractivity contribution is 6.01. The maximum absolute atomic E-state index is 14.6. The predicted molar refractivity (Wildman–Crippen MR) is 137 cm³/mol. The van der Waals surface area contributed by atoms with Gasteiger partial charge in [0, 0.05) is 36.7 Å². The highest BCUT2D eigenvalue weighted by Crippen LogP contribution is 2.21. The molecule has 212 valence electrons. The van der Waals surface area contributed by atoms with Gasteiger partial charge < -0.3 is 35.8 Å². The van der Waals surface area contributed by atoms with E-state index in [1.165, 1.54) is 36.4 Å². The van der Waals surface area contributed by atoms with E-state index in [0.717, 1.165) is 23.0 Å². The number of rotatable bonds is 10. The number of nitrogens with one attached hydrogen (secondary N) is 2. The number of phenolic OH excluding ortho intramolecular Hbond substituents is 1. The van der Waals surface area contributed by atoms with Crippen LogP contribution in [0.2, 0.25) is 0 Å². The number of halogens is 1. The van der Waals surface area contributed by atoms with Gasteiger partial charge in [-0.3, -0.25) is 29.4 Å². The minimum Gasteiger partial charge on any atom is -0.508 e. The van der Waals surface area contributed by atoms with E-state index in [1.54, 1.807) is 0 Å². The van der Waals surface area contributed by atoms with Gasteiger partial charge in [-0.1, -0.05) is 18.2 Å². The lowest BCUT2D eigenvalue weighted by atomic mass is 10.00. The molecule has 3 amide bonds. The number of ether oxygens (including phenoxy) is 1. The molecule has 0 spiro atoms. The largest absolute Gasteiger partial charge is 0.508 e. The second-order valence-corrected chi connectivity index (χ2v) is 8.98. The van der Waals surface area contributed by atoms with Crippen LogP contribution in [-0.2, 0) is 30.3 Å². The highest BCUT2D eigenvalue weighted by Gasteiger charge is 2.42. The van der Waals surface area contributed by atoms with Gasteiger partial charge in [0.15, 0.2) is 0 Å². The molecule has 1 heterocycles. The second kappa shape index (κ2) is 12.7. The van der Waals surface area contributed by atoms with Gasteiger partial charge in [-0.05, 0) is 23.8 Å². The lowest BCUT2D eigenvalue weighted by Crippen LogP contribution is -2.63. The minimum atomic E-state index is -1.43. The Morgan fingerprint density at radius 1 is 1.15 bits per heavy atom. The zero-order chi connectivity index (χ0) is 29.6. The number of phenols is 1. The summed E-state index contributed by atoms with van der Waals surface area (Å²) < 4.78 is 19.3. The third kappa shape index (κ3) is 7.09. The molecule has 13 nitrogen and oxygen atoms in total. The first-order valence-corrected chi connectivity index (χ1v) is 12.0.